The van der Waals surface area contributed by atoms with Gasteiger partial charge in [-0.2, -0.15) is 4.99 Å². The van der Waals surface area contributed by atoms with Gasteiger partial charge in [0.2, 0.25) is 5.13 Å². The van der Waals surface area contributed by atoms with Gasteiger partial charge in [0.1, 0.15) is 5.01 Å². The van der Waals surface area contributed by atoms with Crippen LogP contribution in [0.1, 0.15) is 10.6 Å². The first kappa shape index (κ1) is 15.2. The standard InChI is InChI=1S/C14H11ClN4OS2/c1-8-17-18-13(21-8)16-14-19(2)12(20)11(22-14)7-9-5-3-4-6-10(9)15/h3-7H,1-2H3/b11-7-,16-14+. The maximum atomic E-state index is 12.3. The van der Waals surface area contributed by atoms with E-state index in [1.54, 1.807) is 19.2 Å². The molecule has 0 spiro atoms. The van der Waals surface area contributed by atoms with Crippen molar-refractivity contribution in [3.63, 3.8) is 0 Å². The summed E-state index contributed by atoms with van der Waals surface area (Å²) in [5, 5.41) is 10.4. The number of thioether (sulfide) groups is 1. The fraction of sp³-hybridized carbons (Fsp3) is 0.143. The summed E-state index contributed by atoms with van der Waals surface area (Å²) < 4.78 is 0. The molecule has 0 saturated carbocycles. The Morgan fingerprint density at radius 2 is 2.09 bits per heavy atom. The SMILES string of the molecule is Cc1nnc(/N=C2/S/C(=C\c3ccccc3Cl)C(=O)N2C)s1. The quantitative estimate of drug-likeness (QED) is 0.774. The van der Waals surface area contributed by atoms with Crippen LogP contribution in [0.2, 0.25) is 5.02 Å². The van der Waals surface area contributed by atoms with Crippen LogP contribution >= 0.6 is 34.7 Å². The minimum absolute atomic E-state index is 0.107. The summed E-state index contributed by atoms with van der Waals surface area (Å²) in [6, 6.07) is 7.39. The molecule has 112 valence electrons. The molecule has 1 amide bonds. The number of likely N-dealkylation sites (N-methyl/N-ethyl adjacent to an activating group) is 1. The second-order valence-electron chi connectivity index (χ2n) is 4.49. The summed E-state index contributed by atoms with van der Waals surface area (Å²) in [5.74, 6) is -0.107. The molecule has 8 heteroatoms. The third-order valence-electron chi connectivity index (χ3n) is 2.90. The molecular formula is C14H11ClN4OS2. The van der Waals surface area contributed by atoms with E-state index in [0.29, 0.717) is 20.2 Å². The molecule has 22 heavy (non-hydrogen) atoms. The number of benzene rings is 1. The van der Waals surface area contributed by atoms with E-state index in [1.165, 1.54) is 28.0 Å². The molecule has 0 bridgehead atoms. The molecule has 1 aliphatic heterocycles. The molecule has 1 fully saturated rings. The summed E-state index contributed by atoms with van der Waals surface area (Å²) in [6.07, 6.45) is 1.78. The smallest absolute Gasteiger partial charge is 0.266 e. The van der Waals surface area contributed by atoms with Gasteiger partial charge in [0.25, 0.3) is 5.91 Å². The Morgan fingerprint density at radius 3 is 2.77 bits per heavy atom. The zero-order valence-corrected chi connectivity index (χ0v) is 14.2. The summed E-state index contributed by atoms with van der Waals surface area (Å²) >= 11 is 8.82. The Morgan fingerprint density at radius 1 is 1.32 bits per heavy atom. The van der Waals surface area contributed by atoms with Gasteiger partial charge in [-0.15, -0.1) is 10.2 Å². The second kappa shape index (κ2) is 6.20. The molecule has 5 nitrogen and oxygen atoms in total. The first-order valence-corrected chi connectivity index (χ1v) is 8.36. The van der Waals surface area contributed by atoms with E-state index >= 15 is 0 Å². The maximum absolute atomic E-state index is 12.3. The van der Waals surface area contributed by atoms with Gasteiger partial charge < -0.3 is 0 Å². The number of aliphatic imine (C=N–C) groups is 1. The number of rotatable bonds is 2. The average Bonchev–Trinajstić information content (AvgIpc) is 3.01. The van der Waals surface area contributed by atoms with Gasteiger partial charge in [-0.1, -0.05) is 41.1 Å². The average molecular weight is 351 g/mol. The number of hydrogen-bond acceptors (Lipinski definition) is 6. The topological polar surface area (TPSA) is 58.5 Å². The lowest BCUT2D eigenvalue weighted by atomic mass is 10.2. The van der Waals surface area contributed by atoms with E-state index in [2.05, 4.69) is 15.2 Å². The minimum atomic E-state index is -0.107. The van der Waals surface area contributed by atoms with Gasteiger partial charge in [0.05, 0.1) is 4.91 Å². The van der Waals surface area contributed by atoms with Crippen LogP contribution in [-0.4, -0.2) is 33.2 Å². The Kier molecular flexibility index (Phi) is 4.28. The van der Waals surface area contributed by atoms with E-state index in [0.717, 1.165) is 10.6 Å². The fourth-order valence-corrected chi connectivity index (χ4v) is 3.56. The van der Waals surface area contributed by atoms with Crippen LogP contribution in [0.5, 0.6) is 0 Å². The second-order valence-corrected chi connectivity index (χ2v) is 7.07. The lowest BCUT2D eigenvalue weighted by Crippen LogP contribution is -2.23. The molecule has 2 aromatic rings. The first-order valence-electron chi connectivity index (χ1n) is 6.35. The number of halogens is 1. The van der Waals surface area contributed by atoms with Crippen LogP contribution in [-0.2, 0) is 4.79 Å². The summed E-state index contributed by atoms with van der Waals surface area (Å²) in [6.45, 7) is 1.86. The highest BCUT2D eigenvalue weighted by atomic mass is 35.5. The molecule has 0 radical (unpaired) electrons. The largest absolute Gasteiger partial charge is 0.289 e. The minimum Gasteiger partial charge on any atom is -0.289 e. The summed E-state index contributed by atoms with van der Waals surface area (Å²) in [4.78, 5) is 18.8. The fourth-order valence-electron chi connectivity index (χ4n) is 1.80. The van der Waals surface area contributed by atoms with E-state index in [4.69, 9.17) is 11.6 Å². The molecule has 1 aliphatic rings. The van der Waals surface area contributed by atoms with E-state index < -0.39 is 0 Å². The number of nitrogens with zero attached hydrogens (tertiary/aromatic N) is 4. The van der Waals surface area contributed by atoms with Crippen molar-refractivity contribution in [2.45, 2.75) is 6.92 Å². The van der Waals surface area contributed by atoms with Crippen molar-refractivity contribution in [1.29, 1.82) is 0 Å². The van der Waals surface area contributed by atoms with Crippen molar-refractivity contribution in [3.8, 4) is 0 Å². The number of amidine groups is 1. The van der Waals surface area contributed by atoms with Crippen molar-refractivity contribution in [2.75, 3.05) is 7.05 Å². The third-order valence-corrected chi connectivity index (χ3v) is 5.04. The van der Waals surface area contributed by atoms with Gasteiger partial charge in [-0.3, -0.25) is 9.69 Å². The van der Waals surface area contributed by atoms with Gasteiger partial charge in [-0.25, -0.2) is 0 Å². The van der Waals surface area contributed by atoms with Crippen molar-refractivity contribution in [2.24, 2.45) is 4.99 Å². The van der Waals surface area contributed by atoms with E-state index in [9.17, 15) is 4.79 Å². The Balaban J connectivity index is 1.92. The van der Waals surface area contributed by atoms with Crippen LogP contribution in [0.3, 0.4) is 0 Å². The van der Waals surface area contributed by atoms with Crippen LogP contribution in [0, 0.1) is 6.92 Å². The Hall–Kier alpha value is -1.70. The summed E-state index contributed by atoms with van der Waals surface area (Å²) in [5.41, 5.74) is 0.807. The highest BCUT2D eigenvalue weighted by molar-refractivity contribution is 8.18. The Labute approximate surface area is 140 Å². The van der Waals surface area contributed by atoms with Crippen molar-refractivity contribution in [3.05, 3.63) is 44.8 Å². The molecule has 2 heterocycles. The lowest BCUT2D eigenvalue weighted by Gasteiger charge is -2.05. The van der Waals surface area contributed by atoms with Gasteiger partial charge >= 0.3 is 0 Å². The maximum Gasteiger partial charge on any atom is 0.266 e. The number of amides is 1. The van der Waals surface area contributed by atoms with Crippen LogP contribution in [0.4, 0.5) is 5.13 Å². The number of aromatic nitrogens is 2. The van der Waals surface area contributed by atoms with Crippen LogP contribution in [0.25, 0.3) is 6.08 Å². The van der Waals surface area contributed by atoms with Gasteiger partial charge in [0, 0.05) is 12.1 Å². The van der Waals surface area contributed by atoms with Crippen molar-refractivity contribution in [1.82, 2.24) is 15.1 Å². The highest BCUT2D eigenvalue weighted by Crippen LogP contribution is 2.34. The number of aryl methyl sites for hydroxylation is 1. The van der Waals surface area contributed by atoms with Gasteiger partial charge in [-0.05, 0) is 36.4 Å². The normalized spacial score (nSPS) is 18.7. The number of carbonyl (C=O) groups excluding carboxylic acids is 1. The molecule has 0 aliphatic carbocycles. The van der Waals surface area contributed by atoms with Gasteiger partial charge in [0.15, 0.2) is 5.17 Å². The van der Waals surface area contributed by atoms with Crippen LogP contribution < -0.4 is 0 Å². The van der Waals surface area contributed by atoms with E-state index in [1.807, 2.05) is 25.1 Å². The predicted molar refractivity (Wildman–Crippen MR) is 91.5 cm³/mol. The number of hydrogen-bond donors (Lipinski definition) is 0. The summed E-state index contributed by atoms with van der Waals surface area (Å²) in [7, 11) is 1.69. The zero-order chi connectivity index (χ0) is 15.7. The molecule has 1 aromatic carbocycles. The third kappa shape index (κ3) is 3.06. The molecule has 0 atom stereocenters. The lowest BCUT2D eigenvalue weighted by molar-refractivity contribution is -0.121. The van der Waals surface area contributed by atoms with Crippen LogP contribution in [0.15, 0.2) is 34.2 Å². The molecule has 3 rings (SSSR count). The highest BCUT2D eigenvalue weighted by Gasteiger charge is 2.30. The van der Waals surface area contributed by atoms with Crippen molar-refractivity contribution >= 4 is 57.0 Å². The molecule has 1 saturated heterocycles. The first-order chi connectivity index (χ1) is 10.5. The number of carbonyl (C=O) groups is 1. The van der Waals surface area contributed by atoms with Crippen molar-refractivity contribution < 1.29 is 4.79 Å². The van der Waals surface area contributed by atoms with E-state index in [-0.39, 0.29) is 5.91 Å². The predicted octanol–water partition coefficient (Wildman–Crippen LogP) is 3.73. The Bertz CT molecular complexity index is 800. The molecular weight excluding hydrogens is 340 g/mol. The molecule has 0 unspecified atom stereocenters. The monoisotopic (exact) mass is 350 g/mol. The molecule has 1 aromatic heterocycles. The zero-order valence-electron chi connectivity index (χ0n) is 11.8. The molecule has 0 N–H and O–H groups in total.